The lowest BCUT2D eigenvalue weighted by Gasteiger charge is -2.16. The smallest absolute Gasteiger partial charge is 0.295 e. The number of fused-ring (bicyclic) bond motifs is 1. The van der Waals surface area contributed by atoms with Crippen LogP contribution in [0, 0.1) is 0 Å². The number of hydrogen-bond donors (Lipinski definition) is 0. The Bertz CT molecular complexity index is 970. The van der Waals surface area contributed by atoms with E-state index in [-0.39, 0.29) is 12.3 Å². The van der Waals surface area contributed by atoms with E-state index < -0.39 is 5.76 Å². The van der Waals surface area contributed by atoms with Gasteiger partial charge in [-0.3, -0.25) is 9.32 Å². The number of nitrogens with zero attached hydrogens (tertiary/aromatic N) is 2. The van der Waals surface area contributed by atoms with Crippen LogP contribution in [0.15, 0.2) is 57.8 Å². The predicted molar refractivity (Wildman–Crippen MR) is 93.6 cm³/mol. The fourth-order valence-electron chi connectivity index (χ4n) is 3.34. The summed E-state index contributed by atoms with van der Waals surface area (Å²) in [5.74, 6) is -0.363. The Labute approximate surface area is 144 Å². The molecule has 0 atom stereocenters. The van der Waals surface area contributed by atoms with Gasteiger partial charge in [-0.25, -0.2) is 9.36 Å². The summed E-state index contributed by atoms with van der Waals surface area (Å²) in [6.45, 7) is -0.0780. The molecule has 0 amide bonds. The van der Waals surface area contributed by atoms with E-state index in [1.54, 1.807) is 0 Å². The summed E-state index contributed by atoms with van der Waals surface area (Å²) in [6, 6.07) is 15.1. The molecule has 5 heteroatoms. The summed E-state index contributed by atoms with van der Waals surface area (Å²) in [7, 11) is 0. The molecule has 0 fully saturated rings. The zero-order valence-electron chi connectivity index (χ0n) is 13.8. The molecule has 0 saturated carbocycles. The number of aryl methyl sites for hydroxylation is 2. The molecule has 0 radical (unpaired) electrons. The first kappa shape index (κ1) is 15.6. The Morgan fingerprint density at radius 2 is 1.80 bits per heavy atom. The van der Waals surface area contributed by atoms with E-state index in [0.29, 0.717) is 11.4 Å². The second kappa shape index (κ2) is 6.51. The third kappa shape index (κ3) is 3.05. The maximum absolute atomic E-state index is 12.7. The van der Waals surface area contributed by atoms with Crippen molar-refractivity contribution in [3.63, 3.8) is 0 Å². The number of hydrogen-bond acceptors (Lipinski definition) is 4. The first-order valence-corrected chi connectivity index (χ1v) is 8.49. The minimum atomic E-state index is -0.620. The molecule has 0 N–H and O–H groups in total. The van der Waals surface area contributed by atoms with Crippen LogP contribution >= 0.6 is 0 Å². The van der Waals surface area contributed by atoms with Gasteiger partial charge in [0.15, 0.2) is 11.6 Å². The SMILES string of the molecule is O=C(Cn1c(-c2ccccc2)noc1=O)c1ccc2c(c1)CCCC2. The standard InChI is InChI=1S/C20H18N2O3/c23-18(17-11-10-14-6-4-5-9-16(14)12-17)13-22-19(21-25-20(22)24)15-7-2-1-3-8-15/h1-3,7-8,10-12H,4-6,9,13H2. The lowest BCUT2D eigenvalue weighted by atomic mass is 9.90. The Kier molecular flexibility index (Phi) is 4.06. The summed E-state index contributed by atoms with van der Waals surface area (Å²) >= 11 is 0. The fourth-order valence-corrected chi connectivity index (χ4v) is 3.34. The molecule has 1 aliphatic rings. The van der Waals surface area contributed by atoms with Crippen molar-refractivity contribution in [3.8, 4) is 11.4 Å². The van der Waals surface area contributed by atoms with Crippen LogP contribution in [-0.2, 0) is 19.4 Å². The number of Topliss-reactive ketones (excluding diaryl/α,β-unsaturated/α-hetero) is 1. The van der Waals surface area contributed by atoms with Crippen LogP contribution in [0.3, 0.4) is 0 Å². The minimum Gasteiger partial charge on any atom is -0.295 e. The van der Waals surface area contributed by atoms with Gasteiger partial charge in [0.25, 0.3) is 0 Å². The normalized spacial score (nSPS) is 13.4. The highest BCUT2D eigenvalue weighted by molar-refractivity contribution is 5.96. The summed E-state index contributed by atoms with van der Waals surface area (Å²) in [5, 5.41) is 3.83. The average Bonchev–Trinajstić information content (AvgIpc) is 3.02. The highest BCUT2D eigenvalue weighted by Gasteiger charge is 2.18. The number of carbonyl (C=O) groups excluding carboxylic acids is 1. The van der Waals surface area contributed by atoms with Crippen LogP contribution in [0.5, 0.6) is 0 Å². The van der Waals surface area contributed by atoms with E-state index in [0.717, 1.165) is 24.8 Å². The Morgan fingerprint density at radius 3 is 2.60 bits per heavy atom. The van der Waals surface area contributed by atoms with Crippen molar-refractivity contribution < 1.29 is 9.32 Å². The van der Waals surface area contributed by atoms with Gasteiger partial charge in [-0.15, -0.1) is 0 Å². The Hall–Kier alpha value is -2.95. The molecular weight excluding hydrogens is 316 g/mol. The highest BCUT2D eigenvalue weighted by atomic mass is 16.5. The molecule has 0 bridgehead atoms. The maximum atomic E-state index is 12.7. The number of aromatic nitrogens is 2. The average molecular weight is 334 g/mol. The fraction of sp³-hybridized carbons (Fsp3) is 0.250. The molecule has 25 heavy (non-hydrogen) atoms. The highest BCUT2D eigenvalue weighted by Crippen LogP contribution is 2.23. The molecule has 1 aliphatic carbocycles. The molecule has 5 nitrogen and oxygen atoms in total. The molecule has 3 aromatic rings. The predicted octanol–water partition coefficient (Wildman–Crippen LogP) is 3.27. The van der Waals surface area contributed by atoms with Crippen molar-refractivity contribution in [2.75, 3.05) is 0 Å². The van der Waals surface area contributed by atoms with Crippen LogP contribution in [-0.4, -0.2) is 15.5 Å². The van der Waals surface area contributed by atoms with Crippen LogP contribution < -0.4 is 5.76 Å². The quantitative estimate of drug-likeness (QED) is 0.687. The van der Waals surface area contributed by atoms with E-state index >= 15 is 0 Å². The maximum Gasteiger partial charge on any atom is 0.442 e. The van der Waals surface area contributed by atoms with Gasteiger partial charge in [0, 0.05) is 11.1 Å². The monoisotopic (exact) mass is 334 g/mol. The summed E-state index contributed by atoms with van der Waals surface area (Å²) in [4.78, 5) is 24.7. The van der Waals surface area contributed by atoms with E-state index in [4.69, 9.17) is 4.52 Å². The van der Waals surface area contributed by atoms with Crippen molar-refractivity contribution in [1.82, 2.24) is 9.72 Å². The molecule has 1 aromatic heterocycles. The number of ketones is 1. The lowest BCUT2D eigenvalue weighted by molar-refractivity contribution is 0.0969. The van der Waals surface area contributed by atoms with Gasteiger partial charge in [0.2, 0.25) is 0 Å². The zero-order chi connectivity index (χ0) is 17.2. The molecule has 2 aromatic carbocycles. The first-order chi connectivity index (χ1) is 12.2. The molecule has 0 saturated heterocycles. The van der Waals surface area contributed by atoms with Gasteiger partial charge >= 0.3 is 5.76 Å². The number of carbonyl (C=O) groups is 1. The summed E-state index contributed by atoms with van der Waals surface area (Å²) < 4.78 is 6.07. The third-order valence-corrected chi connectivity index (χ3v) is 4.69. The topological polar surface area (TPSA) is 65.1 Å². The number of benzene rings is 2. The van der Waals surface area contributed by atoms with E-state index in [1.807, 2.05) is 48.5 Å². The molecule has 0 aliphatic heterocycles. The van der Waals surface area contributed by atoms with Crippen LogP contribution in [0.2, 0.25) is 0 Å². The molecule has 4 rings (SSSR count). The number of rotatable bonds is 4. The largest absolute Gasteiger partial charge is 0.442 e. The van der Waals surface area contributed by atoms with Crippen molar-refractivity contribution in [3.05, 3.63) is 75.8 Å². The second-order valence-corrected chi connectivity index (χ2v) is 6.34. The zero-order valence-corrected chi connectivity index (χ0v) is 13.8. The van der Waals surface area contributed by atoms with Gasteiger partial charge in [0.05, 0.1) is 6.54 Å². The van der Waals surface area contributed by atoms with Gasteiger partial charge in [0.1, 0.15) is 0 Å². The Morgan fingerprint density at radius 1 is 1.04 bits per heavy atom. The van der Waals surface area contributed by atoms with Crippen molar-refractivity contribution >= 4 is 5.78 Å². The van der Waals surface area contributed by atoms with Gasteiger partial charge in [-0.05, 0) is 42.9 Å². The molecule has 1 heterocycles. The van der Waals surface area contributed by atoms with Crippen molar-refractivity contribution in [2.45, 2.75) is 32.2 Å². The van der Waals surface area contributed by atoms with E-state index in [2.05, 4.69) is 5.16 Å². The molecule has 0 spiro atoms. The van der Waals surface area contributed by atoms with E-state index in [9.17, 15) is 9.59 Å². The van der Waals surface area contributed by atoms with Crippen LogP contribution in [0.1, 0.15) is 34.3 Å². The molecular formula is C20H18N2O3. The van der Waals surface area contributed by atoms with Gasteiger partial charge in [-0.1, -0.05) is 47.6 Å². The lowest BCUT2D eigenvalue weighted by Crippen LogP contribution is -2.21. The minimum absolute atomic E-state index is 0.0780. The third-order valence-electron chi connectivity index (χ3n) is 4.69. The van der Waals surface area contributed by atoms with Crippen molar-refractivity contribution in [2.24, 2.45) is 0 Å². The van der Waals surface area contributed by atoms with Crippen LogP contribution in [0.4, 0.5) is 0 Å². The second-order valence-electron chi connectivity index (χ2n) is 6.34. The Balaban J connectivity index is 1.64. The first-order valence-electron chi connectivity index (χ1n) is 8.49. The molecule has 0 unspecified atom stereocenters. The summed E-state index contributed by atoms with van der Waals surface area (Å²) in [6.07, 6.45) is 4.46. The molecule has 126 valence electrons. The van der Waals surface area contributed by atoms with E-state index in [1.165, 1.54) is 22.1 Å². The van der Waals surface area contributed by atoms with Crippen molar-refractivity contribution in [1.29, 1.82) is 0 Å². The summed E-state index contributed by atoms with van der Waals surface area (Å²) in [5.41, 5.74) is 3.95. The van der Waals surface area contributed by atoms with Crippen LogP contribution in [0.25, 0.3) is 11.4 Å². The van der Waals surface area contributed by atoms with Gasteiger partial charge in [-0.2, -0.15) is 0 Å². The van der Waals surface area contributed by atoms with Gasteiger partial charge < -0.3 is 0 Å².